The highest BCUT2D eigenvalue weighted by Gasteiger charge is 2.41. The van der Waals surface area contributed by atoms with Gasteiger partial charge < -0.3 is 19.4 Å². The predicted octanol–water partition coefficient (Wildman–Crippen LogP) is 0.389. The van der Waals surface area contributed by atoms with Crippen LogP contribution in [0.4, 0.5) is 5.69 Å². The molecule has 0 aliphatic carbocycles. The lowest BCUT2D eigenvalue weighted by molar-refractivity contribution is -0.561. The van der Waals surface area contributed by atoms with E-state index < -0.39 is 12.3 Å². The Balaban J connectivity index is 2.44. The molecule has 0 radical (unpaired) electrons. The van der Waals surface area contributed by atoms with Crippen molar-refractivity contribution in [1.29, 1.82) is 0 Å². The summed E-state index contributed by atoms with van der Waals surface area (Å²) in [5.74, 6) is 0.713. The molecule has 0 N–H and O–H groups in total. The van der Waals surface area contributed by atoms with Crippen LogP contribution in [0.1, 0.15) is 6.92 Å². The fourth-order valence-electron chi connectivity index (χ4n) is 1.85. The smallest absolute Gasteiger partial charge is 0.278 e. The second-order valence-corrected chi connectivity index (χ2v) is 3.99. The largest absolute Gasteiger partial charge is 0.814 e. The van der Waals surface area contributed by atoms with Gasteiger partial charge in [-0.05, 0) is 10.8 Å². The third-order valence-corrected chi connectivity index (χ3v) is 2.81. The zero-order chi connectivity index (χ0) is 14.0. The molecule has 0 fully saturated rings. The summed E-state index contributed by atoms with van der Waals surface area (Å²) < 4.78 is 11.5. The van der Waals surface area contributed by atoms with Gasteiger partial charge in [-0.1, -0.05) is 0 Å². The maximum Gasteiger partial charge on any atom is 0.278 e. The molecule has 2 rings (SSSR count). The maximum atomic E-state index is 11.6. The first-order valence-electron chi connectivity index (χ1n) is 5.62. The highest BCUT2D eigenvalue weighted by molar-refractivity contribution is 5.81. The number of ketones is 1. The van der Waals surface area contributed by atoms with Crippen molar-refractivity contribution in [3.05, 3.63) is 18.2 Å². The van der Waals surface area contributed by atoms with Crippen LogP contribution < -0.4 is 14.6 Å². The van der Waals surface area contributed by atoms with Crippen molar-refractivity contribution in [2.75, 3.05) is 14.2 Å². The average molecular weight is 266 g/mol. The number of Topliss-reactive ketones (excluding diaryl/α,β-unsaturated/α-hetero) is 1. The number of hydrogen-bond acceptors (Lipinski definition) is 6. The molecule has 0 aromatic heterocycles. The molecule has 7 heteroatoms. The molecule has 0 bridgehead atoms. The van der Waals surface area contributed by atoms with E-state index in [1.165, 1.54) is 25.8 Å². The maximum absolute atomic E-state index is 11.6. The molecule has 7 nitrogen and oxygen atoms in total. The van der Waals surface area contributed by atoms with E-state index >= 15 is 0 Å². The van der Waals surface area contributed by atoms with Crippen molar-refractivity contribution in [3.8, 4) is 11.5 Å². The minimum absolute atomic E-state index is 0.320. The lowest BCUT2D eigenvalue weighted by atomic mass is 10.1. The molecule has 1 aliphatic heterocycles. The summed E-state index contributed by atoms with van der Waals surface area (Å²) in [7, 11) is 3.01. The third-order valence-electron chi connectivity index (χ3n) is 2.81. The van der Waals surface area contributed by atoms with Gasteiger partial charge in [-0.15, -0.1) is 0 Å². The molecule has 2 unspecified atom stereocenters. The zero-order valence-corrected chi connectivity index (χ0v) is 10.8. The Hall–Kier alpha value is -2.15. The molecule has 0 saturated carbocycles. The number of rotatable bonds is 4. The lowest BCUT2D eigenvalue weighted by Crippen LogP contribution is -2.44. The molecule has 1 aliphatic rings. The van der Waals surface area contributed by atoms with Crippen LogP contribution in [0, 0.1) is 0 Å². The molecule has 1 aromatic rings. The Morgan fingerprint density at radius 1 is 1.42 bits per heavy atom. The fourth-order valence-corrected chi connectivity index (χ4v) is 1.85. The number of hydrogen-bond donors (Lipinski definition) is 0. The summed E-state index contributed by atoms with van der Waals surface area (Å²) in [5.41, 5.74) is 0.474. The van der Waals surface area contributed by atoms with Gasteiger partial charge in [-0.2, -0.15) is 0 Å². The van der Waals surface area contributed by atoms with E-state index in [1.807, 2.05) is 0 Å². The second-order valence-electron chi connectivity index (χ2n) is 3.99. The number of nitrogens with zero attached hydrogens (tertiary/aromatic N) is 2. The van der Waals surface area contributed by atoms with E-state index in [-0.39, 0.29) is 5.78 Å². The Kier molecular flexibility index (Phi) is 3.66. The first-order chi connectivity index (χ1) is 9.08. The van der Waals surface area contributed by atoms with Gasteiger partial charge in [-0.3, -0.25) is 4.79 Å². The van der Waals surface area contributed by atoms with Crippen LogP contribution in [-0.4, -0.2) is 37.0 Å². The molecule has 1 aromatic carbocycles. The summed E-state index contributed by atoms with van der Waals surface area (Å²) in [6, 6.07) is 3.98. The lowest BCUT2D eigenvalue weighted by Gasteiger charge is -2.14. The SMILES string of the molecule is COc1ccc([N+]2=NOC([O-])C2C(C)=O)c(OC)c1. The van der Waals surface area contributed by atoms with Gasteiger partial charge in [0, 0.05) is 19.1 Å². The number of carbonyl (C=O) groups excluding carboxylic acids is 1. The van der Waals surface area contributed by atoms with E-state index in [0.29, 0.717) is 17.2 Å². The number of methoxy groups -OCH3 is 2. The van der Waals surface area contributed by atoms with Crippen LogP contribution in [0.5, 0.6) is 11.5 Å². The van der Waals surface area contributed by atoms with E-state index in [9.17, 15) is 9.90 Å². The van der Waals surface area contributed by atoms with Crippen molar-refractivity contribution < 1.29 is 28.9 Å². The quantitative estimate of drug-likeness (QED) is 0.736. The first-order valence-corrected chi connectivity index (χ1v) is 5.62. The fraction of sp³-hybridized carbons (Fsp3) is 0.417. The molecule has 1 heterocycles. The Morgan fingerprint density at radius 2 is 2.16 bits per heavy atom. The van der Waals surface area contributed by atoms with Gasteiger partial charge in [0.1, 0.15) is 12.0 Å². The monoisotopic (exact) mass is 266 g/mol. The van der Waals surface area contributed by atoms with Gasteiger partial charge in [0.25, 0.3) is 11.7 Å². The standard InChI is InChI=1S/C12H14N2O5/c1-7(15)11-12(16)19-13-14(11)9-5-4-8(17-2)6-10(9)18-3/h4-6,11-12H,1-3H3. The number of ether oxygens (including phenoxy) is 2. The molecular formula is C12H14N2O5. The number of carbonyl (C=O) groups is 1. The molecule has 2 atom stereocenters. The first kappa shape index (κ1) is 13.3. The highest BCUT2D eigenvalue weighted by Crippen LogP contribution is 2.34. The second kappa shape index (κ2) is 5.23. The van der Waals surface area contributed by atoms with Gasteiger partial charge in [-0.25, -0.2) is 0 Å². The van der Waals surface area contributed by atoms with Crippen LogP contribution >= 0.6 is 0 Å². The molecule has 0 saturated heterocycles. The minimum Gasteiger partial charge on any atom is -0.814 e. The van der Waals surface area contributed by atoms with Gasteiger partial charge >= 0.3 is 0 Å². The highest BCUT2D eigenvalue weighted by atomic mass is 16.7. The Labute approximate surface area is 110 Å². The van der Waals surface area contributed by atoms with Crippen molar-refractivity contribution in [2.45, 2.75) is 19.3 Å². The summed E-state index contributed by atoms with van der Waals surface area (Å²) in [4.78, 5) is 16.2. The Bertz CT molecular complexity index is 529. The van der Waals surface area contributed by atoms with Crippen molar-refractivity contribution in [3.63, 3.8) is 0 Å². The normalized spacial score (nSPS) is 21.6. The van der Waals surface area contributed by atoms with E-state index in [0.717, 1.165) is 0 Å². The molecule has 0 spiro atoms. The van der Waals surface area contributed by atoms with Crippen LogP contribution in [-0.2, 0) is 9.63 Å². The van der Waals surface area contributed by atoms with E-state index in [1.54, 1.807) is 18.2 Å². The van der Waals surface area contributed by atoms with E-state index in [2.05, 4.69) is 10.1 Å². The summed E-state index contributed by atoms with van der Waals surface area (Å²) in [5, 5.41) is 15.2. The number of benzene rings is 1. The van der Waals surface area contributed by atoms with Crippen LogP contribution in [0.3, 0.4) is 0 Å². The minimum atomic E-state index is -1.54. The summed E-state index contributed by atoms with van der Waals surface area (Å²) in [6.45, 7) is 1.32. The van der Waals surface area contributed by atoms with Gasteiger partial charge in [0.15, 0.2) is 11.0 Å². The summed E-state index contributed by atoms with van der Waals surface area (Å²) >= 11 is 0. The van der Waals surface area contributed by atoms with Crippen LogP contribution in [0.2, 0.25) is 0 Å². The van der Waals surface area contributed by atoms with Crippen molar-refractivity contribution in [1.82, 2.24) is 0 Å². The van der Waals surface area contributed by atoms with Crippen molar-refractivity contribution in [2.24, 2.45) is 5.28 Å². The zero-order valence-electron chi connectivity index (χ0n) is 10.8. The molecule has 19 heavy (non-hydrogen) atoms. The van der Waals surface area contributed by atoms with E-state index in [4.69, 9.17) is 9.47 Å². The topological polar surface area (TPSA) is 83.2 Å². The molecule has 102 valence electrons. The average Bonchev–Trinajstić information content (AvgIpc) is 2.79. The predicted molar refractivity (Wildman–Crippen MR) is 61.2 cm³/mol. The molecular weight excluding hydrogens is 252 g/mol. The van der Waals surface area contributed by atoms with Gasteiger partial charge in [0.2, 0.25) is 5.78 Å². The van der Waals surface area contributed by atoms with Crippen LogP contribution in [0.25, 0.3) is 0 Å². The Morgan fingerprint density at radius 3 is 2.74 bits per heavy atom. The summed E-state index contributed by atoms with van der Waals surface area (Å²) in [6.07, 6.45) is -1.54. The van der Waals surface area contributed by atoms with Crippen LogP contribution in [0.15, 0.2) is 23.5 Å². The van der Waals surface area contributed by atoms with Gasteiger partial charge in [0.05, 0.1) is 14.2 Å². The third kappa shape index (κ3) is 2.37. The molecule has 0 amide bonds. The van der Waals surface area contributed by atoms with Crippen molar-refractivity contribution >= 4 is 11.5 Å².